The number of benzene rings is 1. The van der Waals surface area contributed by atoms with Gasteiger partial charge in [-0.1, -0.05) is 29.4 Å². The lowest BCUT2D eigenvalue weighted by atomic mass is 10.1. The number of carbonyl (C=O) groups excluding carboxylic acids is 1. The van der Waals surface area contributed by atoms with E-state index in [1.165, 1.54) is 0 Å². The van der Waals surface area contributed by atoms with Crippen molar-refractivity contribution >= 4 is 5.91 Å². The van der Waals surface area contributed by atoms with E-state index in [-0.39, 0.29) is 11.8 Å². The van der Waals surface area contributed by atoms with Crippen molar-refractivity contribution in [2.75, 3.05) is 13.1 Å². The zero-order valence-corrected chi connectivity index (χ0v) is 14.0. The topological polar surface area (TPSA) is 72.4 Å². The van der Waals surface area contributed by atoms with Gasteiger partial charge in [0.15, 0.2) is 11.6 Å². The number of hydrogen-bond donors (Lipinski definition) is 0. The first-order valence-electron chi connectivity index (χ1n) is 8.40. The van der Waals surface area contributed by atoms with Gasteiger partial charge >= 0.3 is 0 Å². The molecule has 6 nitrogen and oxygen atoms in total. The van der Waals surface area contributed by atoms with E-state index < -0.39 is 0 Å². The molecule has 1 unspecified atom stereocenters. The van der Waals surface area contributed by atoms with Crippen molar-refractivity contribution in [3.05, 3.63) is 59.6 Å². The van der Waals surface area contributed by atoms with Crippen LogP contribution in [-0.4, -0.2) is 34.0 Å². The van der Waals surface area contributed by atoms with Gasteiger partial charge in [-0.25, -0.2) is 0 Å². The zero-order chi connectivity index (χ0) is 17.2. The molecular weight excluding hydrogens is 318 g/mol. The van der Waals surface area contributed by atoms with Gasteiger partial charge in [0, 0.05) is 19.0 Å². The Hall–Kier alpha value is -2.89. The molecule has 25 heavy (non-hydrogen) atoms. The summed E-state index contributed by atoms with van der Waals surface area (Å²) in [4.78, 5) is 18.9. The molecule has 1 atom stereocenters. The minimum absolute atomic E-state index is 0.105. The van der Waals surface area contributed by atoms with Crippen molar-refractivity contribution in [1.29, 1.82) is 0 Å². The molecule has 128 valence electrons. The molecule has 3 heterocycles. The monoisotopic (exact) mass is 337 g/mol. The predicted molar refractivity (Wildman–Crippen MR) is 90.8 cm³/mol. The van der Waals surface area contributed by atoms with Crippen LogP contribution in [0, 0.1) is 6.92 Å². The summed E-state index contributed by atoms with van der Waals surface area (Å²) in [5, 5.41) is 4.06. The summed E-state index contributed by atoms with van der Waals surface area (Å²) in [5.74, 6) is 1.83. The van der Waals surface area contributed by atoms with Gasteiger partial charge in [-0.05, 0) is 36.6 Å². The summed E-state index contributed by atoms with van der Waals surface area (Å²) in [6, 6.07) is 11.6. The van der Waals surface area contributed by atoms with Crippen molar-refractivity contribution in [1.82, 2.24) is 15.0 Å². The minimum atomic E-state index is 0.105. The highest BCUT2D eigenvalue weighted by Crippen LogP contribution is 2.28. The second-order valence-corrected chi connectivity index (χ2v) is 6.36. The van der Waals surface area contributed by atoms with Crippen LogP contribution in [0.4, 0.5) is 0 Å². The number of nitrogens with zero attached hydrogens (tertiary/aromatic N) is 3. The quantitative estimate of drug-likeness (QED) is 0.731. The number of rotatable bonds is 4. The second kappa shape index (κ2) is 6.55. The largest absolute Gasteiger partial charge is 0.459 e. The molecule has 1 aromatic carbocycles. The molecule has 0 radical (unpaired) electrons. The summed E-state index contributed by atoms with van der Waals surface area (Å²) < 4.78 is 10.5. The Morgan fingerprint density at radius 2 is 2.16 bits per heavy atom. The smallest absolute Gasteiger partial charge is 0.293 e. The van der Waals surface area contributed by atoms with Crippen molar-refractivity contribution in [2.24, 2.45) is 0 Å². The lowest BCUT2D eigenvalue weighted by Crippen LogP contribution is -2.30. The van der Waals surface area contributed by atoms with E-state index in [4.69, 9.17) is 8.94 Å². The van der Waals surface area contributed by atoms with Crippen molar-refractivity contribution in [3.63, 3.8) is 0 Å². The van der Waals surface area contributed by atoms with E-state index in [2.05, 4.69) is 10.1 Å². The summed E-state index contributed by atoms with van der Waals surface area (Å²) in [6.07, 6.45) is 2.85. The van der Waals surface area contributed by atoms with E-state index in [9.17, 15) is 4.79 Å². The Bertz CT molecular complexity index is 870. The standard InChI is InChI=1S/C19H19N3O3/c1-13-5-2-3-6-14(13)11-17(23)22-9-8-15(12-22)18-20-19(25-21-18)16-7-4-10-24-16/h2-7,10,15H,8-9,11-12H2,1H3. The summed E-state index contributed by atoms with van der Waals surface area (Å²) >= 11 is 0. The molecule has 0 saturated carbocycles. The fraction of sp³-hybridized carbons (Fsp3) is 0.316. The number of furan rings is 1. The van der Waals surface area contributed by atoms with Gasteiger partial charge in [0.2, 0.25) is 5.91 Å². The van der Waals surface area contributed by atoms with Crippen LogP contribution in [0.1, 0.15) is 29.3 Å². The van der Waals surface area contributed by atoms with Crippen LogP contribution in [0.25, 0.3) is 11.7 Å². The van der Waals surface area contributed by atoms with Crippen LogP contribution in [0.15, 0.2) is 51.6 Å². The maximum absolute atomic E-state index is 12.6. The van der Waals surface area contributed by atoms with E-state index in [0.717, 1.165) is 24.1 Å². The molecule has 1 fully saturated rings. The Kier molecular flexibility index (Phi) is 4.09. The van der Waals surface area contributed by atoms with Crippen LogP contribution in [-0.2, 0) is 11.2 Å². The van der Waals surface area contributed by atoms with Gasteiger partial charge in [-0.15, -0.1) is 0 Å². The fourth-order valence-corrected chi connectivity index (χ4v) is 3.18. The van der Waals surface area contributed by atoms with Crippen LogP contribution >= 0.6 is 0 Å². The highest BCUT2D eigenvalue weighted by atomic mass is 16.5. The molecule has 1 aliphatic rings. The number of hydrogen-bond acceptors (Lipinski definition) is 5. The van der Waals surface area contributed by atoms with Crippen molar-refractivity contribution < 1.29 is 13.7 Å². The summed E-state index contributed by atoms with van der Waals surface area (Å²) in [7, 11) is 0. The third-order valence-corrected chi connectivity index (χ3v) is 4.68. The lowest BCUT2D eigenvalue weighted by Gasteiger charge is -2.16. The minimum Gasteiger partial charge on any atom is -0.459 e. The predicted octanol–water partition coefficient (Wildman–Crippen LogP) is 3.20. The molecule has 6 heteroatoms. The molecule has 1 saturated heterocycles. The number of carbonyl (C=O) groups is 1. The lowest BCUT2D eigenvalue weighted by molar-refractivity contribution is -0.129. The van der Waals surface area contributed by atoms with Crippen LogP contribution in [0.3, 0.4) is 0 Å². The van der Waals surface area contributed by atoms with E-state index in [1.807, 2.05) is 36.1 Å². The molecule has 0 bridgehead atoms. The molecule has 0 N–H and O–H groups in total. The first-order valence-corrected chi connectivity index (χ1v) is 8.40. The van der Waals surface area contributed by atoms with Crippen molar-refractivity contribution in [2.45, 2.75) is 25.7 Å². The van der Waals surface area contributed by atoms with Crippen molar-refractivity contribution in [3.8, 4) is 11.7 Å². The normalized spacial score (nSPS) is 17.2. The van der Waals surface area contributed by atoms with Gasteiger partial charge in [0.25, 0.3) is 5.89 Å². The zero-order valence-electron chi connectivity index (χ0n) is 14.0. The molecular formula is C19H19N3O3. The third kappa shape index (κ3) is 3.20. The maximum atomic E-state index is 12.6. The van der Waals surface area contributed by atoms with Crippen LogP contribution in [0.5, 0.6) is 0 Å². The Morgan fingerprint density at radius 3 is 2.96 bits per heavy atom. The van der Waals surface area contributed by atoms with Gasteiger partial charge in [-0.2, -0.15) is 4.98 Å². The molecule has 2 aromatic heterocycles. The molecule has 1 aliphatic heterocycles. The van der Waals surface area contributed by atoms with Crippen LogP contribution < -0.4 is 0 Å². The number of aromatic nitrogens is 2. The molecule has 4 rings (SSSR count). The average Bonchev–Trinajstić information content (AvgIpc) is 3.36. The highest BCUT2D eigenvalue weighted by molar-refractivity contribution is 5.79. The second-order valence-electron chi connectivity index (χ2n) is 6.36. The maximum Gasteiger partial charge on any atom is 0.293 e. The van der Waals surface area contributed by atoms with E-state index >= 15 is 0 Å². The van der Waals surface area contributed by atoms with E-state index in [1.54, 1.807) is 18.4 Å². The number of amides is 1. The third-order valence-electron chi connectivity index (χ3n) is 4.68. The molecule has 1 amide bonds. The summed E-state index contributed by atoms with van der Waals surface area (Å²) in [5.41, 5.74) is 2.23. The molecule has 0 spiro atoms. The fourth-order valence-electron chi connectivity index (χ4n) is 3.18. The Balaban J connectivity index is 1.41. The van der Waals surface area contributed by atoms with Gasteiger partial charge in [-0.3, -0.25) is 4.79 Å². The Labute approximate surface area is 145 Å². The van der Waals surface area contributed by atoms with E-state index in [0.29, 0.717) is 30.4 Å². The Morgan fingerprint density at radius 1 is 1.28 bits per heavy atom. The summed E-state index contributed by atoms with van der Waals surface area (Å²) in [6.45, 7) is 3.38. The van der Waals surface area contributed by atoms with Gasteiger partial charge < -0.3 is 13.8 Å². The highest BCUT2D eigenvalue weighted by Gasteiger charge is 2.31. The van der Waals surface area contributed by atoms with Crippen LogP contribution in [0.2, 0.25) is 0 Å². The molecule has 3 aromatic rings. The first-order chi connectivity index (χ1) is 12.2. The first kappa shape index (κ1) is 15.6. The number of aryl methyl sites for hydroxylation is 1. The number of likely N-dealkylation sites (tertiary alicyclic amines) is 1. The molecule has 0 aliphatic carbocycles. The SMILES string of the molecule is Cc1ccccc1CC(=O)N1CCC(c2noc(-c3ccco3)n2)C1. The average molecular weight is 337 g/mol. The van der Waals surface area contributed by atoms with Gasteiger partial charge in [0.05, 0.1) is 12.7 Å². The van der Waals surface area contributed by atoms with Gasteiger partial charge in [0.1, 0.15) is 0 Å².